The van der Waals surface area contributed by atoms with E-state index in [-0.39, 0.29) is 5.82 Å². The van der Waals surface area contributed by atoms with Crippen LogP contribution in [-0.2, 0) is 13.2 Å². The minimum absolute atomic E-state index is 0.171. The van der Waals surface area contributed by atoms with Gasteiger partial charge in [0.15, 0.2) is 11.4 Å². The Morgan fingerprint density at radius 3 is 2.42 bits per heavy atom. The number of hydrogen-bond acceptors (Lipinski definition) is 3. The number of alkyl halides is 3. The molecule has 0 spiro atoms. The highest BCUT2D eigenvalue weighted by Crippen LogP contribution is 2.37. The molecule has 0 bridgehead atoms. The summed E-state index contributed by atoms with van der Waals surface area (Å²) < 4.78 is 57.6. The quantitative estimate of drug-likeness (QED) is 0.625. The lowest BCUT2D eigenvalue weighted by Crippen LogP contribution is -2.14. The second kappa shape index (κ2) is 4.52. The van der Waals surface area contributed by atoms with Gasteiger partial charge in [-0.2, -0.15) is 27.5 Å². The van der Waals surface area contributed by atoms with E-state index in [9.17, 15) is 17.6 Å². The second-order valence-corrected chi connectivity index (χ2v) is 3.72. The molecule has 0 amide bonds. The molecule has 2 aromatic rings. The van der Waals surface area contributed by atoms with Gasteiger partial charge in [0.2, 0.25) is 11.8 Å². The normalized spacial score (nSPS) is 11.7. The number of aromatic nitrogens is 3. The van der Waals surface area contributed by atoms with Crippen molar-refractivity contribution in [2.24, 2.45) is 7.05 Å². The van der Waals surface area contributed by atoms with Gasteiger partial charge in [0.1, 0.15) is 0 Å². The molecule has 0 saturated carbocycles. The maximum Gasteiger partial charge on any atom is 0.426 e. The van der Waals surface area contributed by atoms with Crippen LogP contribution in [0.2, 0.25) is 0 Å². The highest BCUT2D eigenvalue weighted by Gasteiger charge is 2.40. The van der Waals surface area contributed by atoms with Crippen molar-refractivity contribution in [1.29, 1.82) is 0 Å². The largest absolute Gasteiger partial charge is 0.480 e. The molecular formula is C11H9F4N3O. The number of hydrogen-bond donors (Lipinski definition) is 0. The van der Waals surface area contributed by atoms with E-state index in [2.05, 4.69) is 14.7 Å². The van der Waals surface area contributed by atoms with Crippen LogP contribution in [0.1, 0.15) is 5.56 Å². The van der Waals surface area contributed by atoms with E-state index in [4.69, 9.17) is 0 Å². The fourth-order valence-electron chi connectivity index (χ4n) is 1.61. The summed E-state index contributed by atoms with van der Waals surface area (Å²) in [6, 6.07) is 3.20. The first-order valence-electron chi connectivity index (χ1n) is 5.15. The molecule has 0 fully saturated rings. The van der Waals surface area contributed by atoms with Crippen LogP contribution in [0.25, 0.3) is 11.5 Å². The lowest BCUT2D eigenvalue weighted by atomic mass is 10.3. The van der Waals surface area contributed by atoms with Gasteiger partial charge in [0.05, 0.1) is 12.8 Å². The van der Waals surface area contributed by atoms with E-state index < -0.39 is 23.6 Å². The molecule has 0 unspecified atom stereocenters. The van der Waals surface area contributed by atoms with Crippen molar-refractivity contribution in [3.63, 3.8) is 0 Å². The van der Waals surface area contributed by atoms with Crippen LogP contribution < -0.4 is 4.74 Å². The molecule has 19 heavy (non-hydrogen) atoms. The van der Waals surface area contributed by atoms with Gasteiger partial charge in [-0.05, 0) is 12.1 Å². The van der Waals surface area contributed by atoms with E-state index in [1.54, 1.807) is 29.9 Å². The Morgan fingerprint density at radius 1 is 1.26 bits per heavy atom. The number of halogens is 4. The zero-order valence-corrected chi connectivity index (χ0v) is 9.99. The summed E-state index contributed by atoms with van der Waals surface area (Å²) in [4.78, 5) is 6.86. The van der Waals surface area contributed by atoms with E-state index in [0.29, 0.717) is 5.69 Å². The number of methoxy groups -OCH3 is 1. The van der Waals surface area contributed by atoms with Gasteiger partial charge in [-0.1, -0.05) is 0 Å². The van der Waals surface area contributed by atoms with E-state index in [0.717, 1.165) is 7.11 Å². The van der Waals surface area contributed by atoms with Crippen LogP contribution in [0.5, 0.6) is 5.88 Å². The summed E-state index contributed by atoms with van der Waals surface area (Å²) in [6.07, 6.45) is -3.27. The first kappa shape index (κ1) is 13.3. The van der Waals surface area contributed by atoms with Crippen molar-refractivity contribution < 1.29 is 22.3 Å². The Balaban J connectivity index is 2.64. The second-order valence-electron chi connectivity index (χ2n) is 3.72. The smallest absolute Gasteiger partial charge is 0.426 e. The average molecular weight is 275 g/mol. The standard InChI is InChI=1S/C11H9F4N3O/c1-18-5-3-4-6(18)9-16-8(12)7(11(13,14)15)10(17-9)19-2/h3-5H,1-2H3. The van der Waals surface area contributed by atoms with E-state index >= 15 is 0 Å². The van der Waals surface area contributed by atoms with Crippen LogP contribution in [-0.4, -0.2) is 21.6 Å². The zero-order chi connectivity index (χ0) is 14.2. The van der Waals surface area contributed by atoms with Gasteiger partial charge in [0.25, 0.3) is 0 Å². The molecule has 0 aliphatic carbocycles. The molecule has 4 nitrogen and oxygen atoms in total. The lowest BCUT2D eigenvalue weighted by molar-refractivity contribution is -0.142. The van der Waals surface area contributed by atoms with Crippen molar-refractivity contribution in [1.82, 2.24) is 14.5 Å². The van der Waals surface area contributed by atoms with Crippen molar-refractivity contribution in [3.05, 3.63) is 29.8 Å². The maximum absolute atomic E-state index is 13.6. The third-order valence-electron chi connectivity index (χ3n) is 2.48. The SMILES string of the molecule is COc1nc(-c2cccn2C)nc(F)c1C(F)(F)F. The summed E-state index contributed by atoms with van der Waals surface area (Å²) >= 11 is 0. The molecule has 0 saturated heterocycles. The van der Waals surface area contributed by atoms with Gasteiger partial charge in [-0.15, -0.1) is 0 Å². The van der Waals surface area contributed by atoms with Gasteiger partial charge in [-0.25, -0.2) is 0 Å². The molecular weight excluding hydrogens is 266 g/mol. The third kappa shape index (κ3) is 2.38. The summed E-state index contributed by atoms with van der Waals surface area (Å²) in [5.74, 6) is -2.67. The maximum atomic E-state index is 13.6. The summed E-state index contributed by atoms with van der Waals surface area (Å²) in [5.41, 5.74) is -1.22. The molecule has 2 aromatic heterocycles. The minimum atomic E-state index is -4.91. The van der Waals surface area contributed by atoms with Crippen LogP contribution in [0.4, 0.5) is 17.6 Å². The molecule has 0 aromatic carbocycles. The Morgan fingerprint density at radius 2 is 1.95 bits per heavy atom. The highest BCUT2D eigenvalue weighted by molar-refractivity contribution is 5.52. The van der Waals surface area contributed by atoms with Gasteiger partial charge in [-0.3, -0.25) is 0 Å². The lowest BCUT2D eigenvalue weighted by Gasteiger charge is -2.12. The molecule has 0 aliphatic rings. The van der Waals surface area contributed by atoms with Crippen LogP contribution >= 0.6 is 0 Å². The number of nitrogens with zero attached hydrogens (tertiary/aromatic N) is 3. The fourth-order valence-corrected chi connectivity index (χ4v) is 1.61. The fraction of sp³-hybridized carbons (Fsp3) is 0.273. The van der Waals surface area contributed by atoms with Crippen LogP contribution in [0.3, 0.4) is 0 Å². The first-order chi connectivity index (χ1) is 8.84. The average Bonchev–Trinajstić information content (AvgIpc) is 2.72. The zero-order valence-electron chi connectivity index (χ0n) is 9.99. The molecule has 0 atom stereocenters. The van der Waals surface area contributed by atoms with E-state index in [1.165, 1.54) is 0 Å². The van der Waals surface area contributed by atoms with Crippen LogP contribution in [0, 0.1) is 5.95 Å². The van der Waals surface area contributed by atoms with Crippen molar-refractivity contribution in [2.45, 2.75) is 6.18 Å². The Kier molecular flexibility index (Phi) is 3.17. The molecule has 0 N–H and O–H groups in total. The third-order valence-corrected chi connectivity index (χ3v) is 2.48. The molecule has 0 radical (unpaired) electrons. The number of aryl methyl sites for hydroxylation is 1. The summed E-state index contributed by atoms with van der Waals surface area (Å²) in [5, 5.41) is 0. The van der Waals surface area contributed by atoms with Crippen molar-refractivity contribution >= 4 is 0 Å². The van der Waals surface area contributed by atoms with Crippen molar-refractivity contribution in [3.8, 4) is 17.4 Å². The van der Waals surface area contributed by atoms with Crippen molar-refractivity contribution in [2.75, 3.05) is 7.11 Å². The van der Waals surface area contributed by atoms with Gasteiger partial charge in [0, 0.05) is 13.2 Å². The molecule has 2 rings (SSSR count). The summed E-state index contributed by atoms with van der Waals surface area (Å²) in [7, 11) is 2.63. The number of ether oxygens (including phenoxy) is 1. The Hall–Kier alpha value is -2.12. The molecule has 8 heteroatoms. The molecule has 2 heterocycles. The van der Waals surface area contributed by atoms with Gasteiger partial charge < -0.3 is 9.30 Å². The predicted octanol–water partition coefficient (Wildman–Crippen LogP) is 2.65. The predicted molar refractivity (Wildman–Crippen MR) is 58.0 cm³/mol. The highest BCUT2D eigenvalue weighted by atomic mass is 19.4. The number of rotatable bonds is 2. The van der Waals surface area contributed by atoms with Crippen LogP contribution in [0.15, 0.2) is 18.3 Å². The molecule has 0 aliphatic heterocycles. The van der Waals surface area contributed by atoms with Gasteiger partial charge >= 0.3 is 6.18 Å². The Bertz CT molecular complexity index is 606. The monoisotopic (exact) mass is 275 g/mol. The molecule has 102 valence electrons. The minimum Gasteiger partial charge on any atom is -0.480 e. The topological polar surface area (TPSA) is 39.9 Å². The summed E-state index contributed by atoms with van der Waals surface area (Å²) in [6.45, 7) is 0. The van der Waals surface area contributed by atoms with E-state index in [1.807, 2.05) is 0 Å². The first-order valence-corrected chi connectivity index (χ1v) is 5.15. The Labute approximate surface area is 105 Å².